The molecule has 1 N–H and O–H groups in total. The van der Waals surface area contributed by atoms with Gasteiger partial charge in [-0.25, -0.2) is 9.78 Å². The number of aromatic nitrogens is 3. The van der Waals surface area contributed by atoms with Gasteiger partial charge in [-0.15, -0.1) is 21.5 Å². The van der Waals surface area contributed by atoms with Gasteiger partial charge >= 0.3 is 5.97 Å². The Hall–Kier alpha value is -2.02. The van der Waals surface area contributed by atoms with Gasteiger partial charge in [0.05, 0.1) is 18.8 Å². The van der Waals surface area contributed by atoms with Crippen LogP contribution in [0.25, 0.3) is 0 Å². The number of nitrogens with one attached hydrogen (secondary N) is 1. The Morgan fingerprint density at radius 1 is 1.32 bits per heavy atom. The molecule has 0 aliphatic rings. The second-order valence-electron chi connectivity index (χ2n) is 5.98. The van der Waals surface area contributed by atoms with Crippen molar-refractivity contribution in [2.75, 3.05) is 12.4 Å². The van der Waals surface area contributed by atoms with E-state index >= 15 is 0 Å². The van der Waals surface area contributed by atoms with E-state index < -0.39 is 5.97 Å². The minimum absolute atomic E-state index is 0.0133. The van der Waals surface area contributed by atoms with E-state index in [9.17, 15) is 4.79 Å². The predicted molar refractivity (Wildman–Crippen MR) is 86.2 cm³/mol. The topological polar surface area (TPSA) is 77.0 Å². The molecule has 0 amide bonds. The van der Waals surface area contributed by atoms with Crippen LogP contribution >= 0.6 is 11.3 Å². The molecule has 2 aromatic heterocycles. The molecule has 0 spiro atoms. The highest BCUT2D eigenvalue weighted by molar-refractivity contribution is 7.09. The van der Waals surface area contributed by atoms with E-state index in [-0.39, 0.29) is 17.2 Å². The first-order valence-corrected chi connectivity index (χ1v) is 7.83. The number of carbonyl (C=O) groups excluding carboxylic acids is 1. The highest BCUT2D eigenvalue weighted by atomic mass is 32.1. The predicted octanol–water partition coefficient (Wildman–Crippen LogP) is 3.19. The van der Waals surface area contributed by atoms with Crippen molar-refractivity contribution < 1.29 is 9.53 Å². The van der Waals surface area contributed by atoms with Crippen LogP contribution in [0.3, 0.4) is 0 Å². The van der Waals surface area contributed by atoms with E-state index in [1.54, 1.807) is 23.5 Å². The summed E-state index contributed by atoms with van der Waals surface area (Å²) in [6, 6.07) is 3.30. The quantitative estimate of drug-likeness (QED) is 0.872. The maximum atomic E-state index is 11.3. The van der Waals surface area contributed by atoms with Gasteiger partial charge in [0.15, 0.2) is 5.69 Å². The lowest BCUT2D eigenvalue weighted by Crippen LogP contribution is -2.13. The lowest BCUT2D eigenvalue weighted by Gasteiger charge is -2.15. The SMILES string of the molecule is COC(=O)c1ccc(NC(C)c2nc(C(C)(C)C)cs2)nn1. The number of hydrogen-bond acceptors (Lipinski definition) is 7. The Morgan fingerprint density at radius 2 is 2.05 bits per heavy atom. The van der Waals surface area contributed by atoms with Gasteiger partial charge in [0.25, 0.3) is 0 Å². The number of rotatable bonds is 4. The highest BCUT2D eigenvalue weighted by Crippen LogP contribution is 2.27. The third kappa shape index (κ3) is 3.79. The van der Waals surface area contributed by atoms with Gasteiger partial charge in [-0.3, -0.25) is 0 Å². The molecular weight excluding hydrogens is 300 g/mol. The summed E-state index contributed by atoms with van der Waals surface area (Å²) in [6.45, 7) is 8.43. The summed E-state index contributed by atoms with van der Waals surface area (Å²) in [4.78, 5) is 16.0. The Balaban J connectivity index is 2.07. The molecule has 0 bridgehead atoms. The first kappa shape index (κ1) is 16.4. The summed E-state index contributed by atoms with van der Waals surface area (Å²) in [6.07, 6.45) is 0. The fourth-order valence-electron chi connectivity index (χ4n) is 1.74. The molecule has 0 aliphatic carbocycles. The molecule has 0 saturated carbocycles. The molecular formula is C15H20N4O2S. The monoisotopic (exact) mass is 320 g/mol. The number of thiazole rings is 1. The lowest BCUT2D eigenvalue weighted by molar-refractivity contribution is 0.0593. The molecule has 1 unspecified atom stereocenters. The fraction of sp³-hybridized carbons (Fsp3) is 0.467. The molecule has 0 fully saturated rings. The minimum Gasteiger partial charge on any atom is -0.464 e. The van der Waals surface area contributed by atoms with Crippen LogP contribution in [0.15, 0.2) is 17.5 Å². The van der Waals surface area contributed by atoms with Crippen LogP contribution in [0.1, 0.15) is 54.9 Å². The standard InChI is InChI=1S/C15H20N4O2S/c1-9(13-17-11(8-22-13)15(2,3)4)16-12-7-6-10(18-19-12)14(20)21-5/h6-9H,1-5H3,(H,16,19). The number of anilines is 1. The first-order valence-electron chi connectivity index (χ1n) is 6.95. The molecule has 2 heterocycles. The van der Waals surface area contributed by atoms with Gasteiger partial charge in [-0.1, -0.05) is 20.8 Å². The summed E-state index contributed by atoms with van der Waals surface area (Å²) in [5, 5.41) is 14.1. The Morgan fingerprint density at radius 3 is 2.55 bits per heavy atom. The largest absolute Gasteiger partial charge is 0.464 e. The van der Waals surface area contributed by atoms with Crippen LogP contribution in [-0.4, -0.2) is 28.3 Å². The molecule has 2 rings (SSSR count). The summed E-state index contributed by atoms with van der Waals surface area (Å²) in [7, 11) is 1.31. The molecule has 0 aliphatic heterocycles. The zero-order chi connectivity index (χ0) is 16.3. The van der Waals surface area contributed by atoms with Crippen LogP contribution < -0.4 is 5.32 Å². The molecule has 118 valence electrons. The van der Waals surface area contributed by atoms with Crippen molar-refractivity contribution in [3.05, 3.63) is 33.9 Å². The minimum atomic E-state index is -0.498. The third-order valence-corrected chi connectivity index (χ3v) is 4.11. The van der Waals surface area contributed by atoms with E-state index in [2.05, 4.69) is 51.4 Å². The van der Waals surface area contributed by atoms with Crippen LogP contribution in [0.4, 0.5) is 5.82 Å². The summed E-state index contributed by atoms with van der Waals surface area (Å²) >= 11 is 1.62. The number of nitrogens with zero attached hydrogens (tertiary/aromatic N) is 3. The van der Waals surface area contributed by atoms with Gasteiger partial charge in [-0.2, -0.15) is 0 Å². The van der Waals surface area contributed by atoms with Crippen molar-refractivity contribution in [3.63, 3.8) is 0 Å². The van der Waals surface area contributed by atoms with E-state index in [1.165, 1.54) is 7.11 Å². The molecule has 7 heteroatoms. The molecule has 2 aromatic rings. The number of carbonyl (C=O) groups is 1. The van der Waals surface area contributed by atoms with Gasteiger partial charge in [0, 0.05) is 10.8 Å². The van der Waals surface area contributed by atoms with Crippen LogP contribution in [0, 0.1) is 0 Å². The zero-order valence-corrected chi connectivity index (χ0v) is 14.2. The van der Waals surface area contributed by atoms with Crippen molar-refractivity contribution in [1.82, 2.24) is 15.2 Å². The zero-order valence-electron chi connectivity index (χ0n) is 13.4. The average molecular weight is 320 g/mol. The maximum Gasteiger partial charge on any atom is 0.358 e. The van der Waals surface area contributed by atoms with Gasteiger partial charge in [-0.05, 0) is 19.1 Å². The van der Waals surface area contributed by atoms with Crippen LogP contribution in [0.2, 0.25) is 0 Å². The fourth-order valence-corrected chi connectivity index (χ4v) is 2.79. The Labute approximate surface area is 134 Å². The van der Waals surface area contributed by atoms with E-state index in [1.807, 2.05) is 6.92 Å². The number of hydrogen-bond donors (Lipinski definition) is 1. The van der Waals surface area contributed by atoms with Crippen LogP contribution in [-0.2, 0) is 10.2 Å². The molecule has 0 radical (unpaired) electrons. The van der Waals surface area contributed by atoms with E-state index in [4.69, 9.17) is 0 Å². The summed E-state index contributed by atoms with van der Waals surface area (Å²) in [5.74, 6) is 0.0921. The molecule has 6 nitrogen and oxygen atoms in total. The first-order chi connectivity index (χ1) is 10.3. The van der Waals surface area contributed by atoms with Crippen molar-refractivity contribution >= 4 is 23.1 Å². The lowest BCUT2D eigenvalue weighted by atomic mass is 9.93. The van der Waals surface area contributed by atoms with E-state index in [0.29, 0.717) is 5.82 Å². The normalized spacial score (nSPS) is 12.8. The van der Waals surface area contributed by atoms with Crippen molar-refractivity contribution in [2.24, 2.45) is 0 Å². The summed E-state index contributed by atoms with van der Waals surface area (Å²) < 4.78 is 4.59. The summed E-state index contributed by atoms with van der Waals surface area (Å²) in [5.41, 5.74) is 1.30. The molecule has 1 atom stereocenters. The highest BCUT2D eigenvalue weighted by Gasteiger charge is 2.19. The Kier molecular flexibility index (Phi) is 4.75. The molecule has 22 heavy (non-hydrogen) atoms. The van der Waals surface area contributed by atoms with Gasteiger partial charge in [0.2, 0.25) is 0 Å². The Bertz CT molecular complexity index is 646. The van der Waals surface area contributed by atoms with E-state index in [0.717, 1.165) is 10.7 Å². The number of ether oxygens (including phenoxy) is 1. The smallest absolute Gasteiger partial charge is 0.358 e. The average Bonchev–Trinajstić information content (AvgIpc) is 2.97. The van der Waals surface area contributed by atoms with Crippen LogP contribution in [0.5, 0.6) is 0 Å². The number of esters is 1. The van der Waals surface area contributed by atoms with Crippen molar-refractivity contribution in [3.8, 4) is 0 Å². The molecule has 0 aromatic carbocycles. The third-order valence-electron chi connectivity index (χ3n) is 3.08. The van der Waals surface area contributed by atoms with Gasteiger partial charge in [0.1, 0.15) is 10.8 Å². The van der Waals surface area contributed by atoms with Crippen molar-refractivity contribution in [1.29, 1.82) is 0 Å². The number of methoxy groups -OCH3 is 1. The van der Waals surface area contributed by atoms with Gasteiger partial charge < -0.3 is 10.1 Å². The maximum absolute atomic E-state index is 11.3. The second kappa shape index (κ2) is 6.39. The molecule has 0 saturated heterocycles. The second-order valence-corrected chi connectivity index (χ2v) is 6.87. The van der Waals surface area contributed by atoms with Crippen molar-refractivity contribution in [2.45, 2.75) is 39.2 Å².